The van der Waals surface area contributed by atoms with Gasteiger partial charge in [-0.1, -0.05) is 11.6 Å². The molecule has 0 saturated carbocycles. The number of piperidine rings is 1. The average molecular weight is 294 g/mol. The lowest BCUT2D eigenvalue weighted by Crippen LogP contribution is -2.37. The zero-order valence-electron chi connectivity index (χ0n) is 11.5. The Bertz CT molecular complexity index is 478. The molecule has 0 bridgehead atoms. The molecular weight excluding hydrogens is 274 g/mol. The van der Waals surface area contributed by atoms with Crippen molar-refractivity contribution in [1.82, 2.24) is 0 Å². The Morgan fingerprint density at radius 3 is 2.80 bits per heavy atom. The van der Waals surface area contributed by atoms with E-state index in [9.17, 15) is 5.26 Å². The predicted octanol–water partition coefficient (Wildman–Crippen LogP) is 2.55. The van der Waals surface area contributed by atoms with Crippen LogP contribution in [0.5, 0.6) is 0 Å². The van der Waals surface area contributed by atoms with Crippen molar-refractivity contribution in [2.75, 3.05) is 31.1 Å². The third-order valence-electron chi connectivity index (χ3n) is 3.56. The Morgan fingerprint density at radius 1 is 1.40 bits per heavy atom. The summed E-state index contributed by atoms with van der Waals surface area (Å²) in [6, 6.07) is 7.70. The number of hydrogen-bond acceptors (Lipinski definition) is 4. The van der Waals surface area contributed by atoms with Gasteiger partial charge in [0.05, 0.1) is 17.4 Å². The van der Waals surface area contributed by atoms with Gasteiger partial charge in [-0.3, -0.25) is 0 Å². The first-order valence-corrected chi connectivity index (χ1v) is 7.38. The van der Waals surface area contributed by atoms with Crippen LogP contribution in [0.4, 0.5) is 5.69 Å². The minimum absolute atomic E-state index is 0.315. The maximum atomic E-state index is 9.20. The number of nitriles is 1. The van der Waals surface area contributed by atoms with Gasteiger partial charge in [0.15, 0.2) is 0 Å². The molecule has 108 valence electrons. The van der Waals surface area contributed by atoms with Crippen LogP contribution in [-0.2, 0) is 4.74 Å². The molecule has 1 aromatic carbocycles. The number of hydrogen-bond donors (Lipinski definition) is 1. The van der Waals surface area contributed by atoms with Crippen molar-refractivity contribution in [3.8, 4) is 6.07 Å². The number of halogens is 1. The number of nitrogens with zero attached hydrogens (tertiary/aromatic N) is 2. The van der Waals surface area contributed by atoms with Crippen molar-refractivity contribution in [2.24, 2.45) is 5.73 Å². The van der Waals surface area contributed by atoms with E-state index in [1.165, 1.54) is 0 Å². The molecule has 20 heavy (non-hydrogen) atoms. The van der Waals surface area contributed by atoms with E-state index < -0.39 is 0 Å². The lowest BCUT2D eigenvalue weighted by atomic mass is 10.1. The molecule has 0 radical (unpaired) electrons. The monoisotopic (exact) mass is 293 g/mol. The maximum absolute atomic E-state index is 9.20. The summed E-state index contributed by atoms with van der Waals surface area (Å²) in [5.41, 5.74) is 7.07. The van der Waals surface area contributed by atoms with Crippen LogP contribution in [-0.4, -0.2) is 32.3 Å². The first-order chi connectivity index (χ1) is 9.74. The molecule has 4 nitrogen and oxygen atoms in total. The second-order valence-electron chi connectivity index (χ2n) is 4.97. The van der Waals surface area contributed by atoms with Gasteiger partial charge in [-0.25, -0.2) is 0 Å². The normalized spacial score (nSPS) is 16.1. The van der Waals surface area contributed by atoms with Crippen molar-refractivity contribution in [3.05, 3.63) is 28.8 Å². The molecule has 5 heteroatoms. The molecule has 1 aromatic rings. The Hall–Kier alpha value is -1.28. The van der Waals surface area contributed by atoms with Crippen molar-refractivity contribution in [1.29, 1.82) is 5.26 Å². The van der Waals surface area contributed by atoms with E-state index in [4.69, 9.17) is 22.1 Å². The van der Waals surface area contributed by atoms with Crippen LogP contribution in [0.2, 0.25) is 5.02 Å². The van der Waals surface area contributed by atoms with Crippen LogP contribution in [0.15, 0.2) is 18.2 Å². The molecule has 0 atom stereocenters. The van der Waals surface area contributed by atoms with Gasteiger partial charge in [0.1, 0.15) is 6.07 Å². The van der Waals surface area contributed by atoms with Crippen molar-refractivity contribution < 1.29 is 4.74 Å². The molecule has 0 aliphatic carbocycles. The molecule has 0 aromatic heterocycles. The molecule has 1 fully saturated rings. The van der Waals surface area contributed by atoms with E-state index in [2.05, 4.69) is 11.0 Å². The number of benzene rings is 1. The summed E-state index contributed by atoms with van der Waals surface area (Å²) in [7, 11) is 0. The van der Waals surface area contributed by atoms with Gasteiger partial charge in [-0.15, -0.1) is 0 Å². The highest BCUT2D eigenvalue weighted by Crippen LogP contribution is 2.27. The first-order valence-electron chi connectivity index (χ1n) is 7.01. The van der Waals surface area contributed by atoms with Crippen LogP contribution in [0.25, 0.3) is 0 Å². The molecule has 1 aliphatic heterocycles. The van der Waals surface area contributed by atoms with E-state index in [0.717, 1.165) is 44.6 Å². The van der Waals surface area contributed by atoms with E-state index in [1.54, 1.807) is 6.07 Å². The topological polar surface area (TPSA) is 62.3 Å². The third-order valence-corrected chi connectivity index (χ3v) is 3.80. The van der Waals surface area contributed by atoms with Gasteiger partial charge in [0.2, 0.25) is 0 Å². The summed E-state index contributed by atoms with van der Waals surface area (Å²) >= 11 is 5.93. The Labute approximate surface area is 125 Å². The zero-order valence-corrected chi connectivity index (χ0v) is 12.3. The summed E-state index contributed by atoms with van der Waals surface area (Å²) in [6.45, 7) is 3.23. The summed E-state index contributed by atoms with van der Waals surface area (Å²) in [5, 5.41) is 9.80. The molecular formula is C15H20ClN3O. The van der Waals surface area contributed by atoms with Crippen LogP contribution in [0.3, 0.4) is 0 Å². The summed E-state index contributed by atoms with van der Waals surface area (Å²) in [4.78, 5) is 2.23. The van der Waals surface area contributed by atoms with E-state index in [-0.39, 0.29) is 0 Å². The lowest BCUT2D eigenvalue weighted by Gasteiger charge is -2.34. The molecule has 1 saturated heterocycles. The fourth-order valence-corrected chi connectivity index (χ4v) is 2.64. The third kappa shape index (κ3) is 3.86. The first kappa shape index (κ1) is 15.1. The van der Waals surface area contributed by atoms with Gasteiger partial charge in [0, 0.05) is 24.7 Å². The second kappa shape index (κ2) is 7.49. The minimum atomic E-state index is 0.315. The highest BCUT2D eigenvalue weighted by molar-refractivity contribution is 6.30. The Balaban J connectivity index is 1.92. The number of nitrogens with two attached hydrogens (primary N) is 1. The number of anilines is 1. The van der Waals surface area contributed by atoms with Gasteiger partial charge in [-0.05, 0) is 44.0 Å². The standard InChI is InChI=1S/C15H20ClN3O/c16-13-2-3-15(12(10-13)11-18)19-7-4-14(5-8-19)20-9-1-6-17/h2-3,10,14H,1,4-9,17H2. The minimum Gasteiger partial charge on any atom is -0.378 e. The van der Waals surface area contributed by atoms with Crippen molar-refractivity contribution in [2.45, 2.75) is 25.4 Å². The van der Waals surface area contributed by atoms with Gasteiger partial charge in [0.25, 0.3) is 0 Å². The highest BCUT2D eigenvalue weighted by atomic mass is 35.5. The SMILES string of the molecule is N#Cc1cc(Cl)ccc1N1CCC(OCCCN)CC1. The van der Waals surface area contributed by atoms with Gasteiger partial charge >= 0.3 is 0 Å². The fourth-order valence-electron chi connectivity index (χ4n) is 2.47. The van der Waals surface area contributed by atoms with Crippen LogP contribution < -0.4 is 10.6 Å². The van der Waals surface area contributed by atoms with E-state index in [0.29, 0.717) is 23.2 Å². The average Bonchev–Trinajstić information content (AvgIpc) is 2.48. The van der Waals surface area contributed by atoms with Gasteiger partial charge in [-0.2, -0.15) is 5.26 Å². The molecule has 2 N–H and O–H groups in total. The van der Waals surface area contributed by atoms with Crippen LogP contribution in [0.1, 0.15) is 24.8 Å². The quantitative estimate of drug-likeness (QED) is 0.848. The second-order valence-corrected chi connectivity index (χ2v) is 5.41. The molecule has 0 amide bonds. The largest absolute Gasteiger partial charge is 0.378 e. The van der Waals surface area contributed by atoms with Crippen LogP contribution in [0, 0.1) is 11.3 Å². The predicted molar refractivity (Wildman–Crippen MR) is 81.0 cm³/mol. The van der Waals surface area contributed by atoms with E-state index >= 15 is 0 Å². The van der Waals surface area contributed by atoms with E-state index in [1.807, 2.05) is 12.1 Å². The van der Waals surface area contributed by atoms with Gasteiger partial charge < -0.3 is 15.4 Å². The summed E-state index contributed by atoms with van der Waals surface area (Å²) in [5.74, 6) is 0. The molecule has 1 aliphatic rings. The number of rotatable bonds is 5. The molecule has 0 unspecified atom stereocenters. The highest BCUT2D eigenvalue weighted by Gasteiger charge is 2.21. The summed E-state index contributed by atoms with van der Waals surface area (Å²) in [6.07, 6.45) is 3.20. The van der Waals surface area contributed by atoms with Crippen molar-refractivity contribution in [3.63, 3.8) is 0 Å². The number of ether oxygens (including phenoxy) is 1. The smallest absolute Gasteiger partial charge is 0.101 e. The lowest BCUT2D eigenvalue weighted by molar-refractivity contribution is 0.0366. The van der Waals surface area contributed by atoms with Crippen molar-refractivity contribution >= 4 is 17.3 Å². The molecule has 0 spiro atoms. The molecule has 2 rings (SSSR count). The Kier molecular flexibility index (Phi) is 5.66. The maximum Gasteiger partial charge on any atom is 0.101 e. The summed E-state index contributed by atoms with van der Waals surface area (Å²) < 4.78 is 5.79. The fraction of sp³-hybridized carbons (Fsp3) is 0.533. The molecule has 1 heterocycles. The Morgan fingerprint density at radius 2 is 2.15 bits per heavy atom. The van der Waals surface area contributed by atoms with Crippen LogP contribution >= 0.6 is 11.6 Å². The zero-order chi connectivity index (χ0) is 14.4.